The smallest absolute Gasteiger partial charge is 0.326 e. The largest absolute Gasteiger partial charge is 0.480 e. The third-order valence-electron chi connectivity index (χ3n) is 2.51. The van der Waals surface area contributed by atoms with Crippen LogP contribution in [0.25, 0.3) is 0 Å². The molecule has 0 aliphatic carbocycles. The normalized spacial score (nSPS) is 11.6. The first-order chi connectivity index (χ1) is 9.42. The fraction of sp³-hybridized carbons (Fsp3) is 0.750. The monoisotopic (exact) mass is 289 g/mol. The van der Waals surface area contributed by atoms with Crippen LogP contribution in [0.2, 0.25) is 0 Å². The van der Waals surface area contributed by atoms with Crippen molar-refractivity contribution in [3.63, 3.8) is 0 Å². The number of aliphatic carboxylic acids is 1. The molecule has 0 bridgehead atoms. The molecule has 3 N–H and O–H groups in total. The zero-order valence-electron chi connectivity index (χ0n) is 12.1. The van der Waals surface area contributed by atoms with E-state index in [1.807, 2.05) is 6.92 Å². The highest BCUT2D eigenvalue weighted by atomic mass is 16.5. The maximum atomic E-state index is 11.8. The number of carboxylic acids is 1. The lowest BCUT2D eigenvalue weighted by atomic mass is 10.2. The molecule has 0 rings (SSSR count). The molecule has 116 valence electrons. The number of rotatable bonds is 9. The lowest BCUT2D eigenvalue weighted by molar-refractivity contribution is -0.139. The zero-order chi connectivity index (χ0) is 15.5. The van der Waals surface area contributed by atoms with Crippen LogP contribution in [0, 0.1) is 0 Å². The molecule has 20 heavy (non-hydrogen) atoms. The quantitative estimate of drug-likeness (QED) is 0.537. The van der Waals surface area contributed by atoms with Gasteiger partial charge in [0.2, 0.25) is 5.91 Å². The van der Waals surface area contributed by atoms with Crippen molar-refractivity contribution in [1.29, 1.82) is 0 Å². The molecule has 0 spiro atoms. The fourth-order valence-electron chi connectivity index (χ4n) is 1.36. The van der Waals surface area contributed by atoms with E-state index in [4.69, 9.17) is 9.84 Å². The maximum absolute atomic E-state index is 11.8. The number of nitrogens with zero attached hydrogens (tertiary/aromatic N) is 1. The third-order valence-corrected chi connectivity index (χ3v) is 2.51. The summed E-state index contributed by atoms with van der Waals surface area (Å²) in [5, 5.41) is 13.9. The molecule has 0 aromatic heterocycles. The number of methoxy groups -OCH3 is 1. The summed E-state index contributed by atoms with van der Waals surface area (Å²) in [4.78, 5) is 35.3. The Morgan fingerprint density at radius 3 is 2.50 bits per heavy atom. The number of hydrogen-bond donors (Lipinski definition) is 3. The van der Waals surface area contributed by atoms with E-state index < -0.39 is 18.0 Å². The molecule has 1 atom stereocenters. The Labute approximate surface area is 118 Å². The van der Waals surface area contributed by atoms with Crippen LogP contribution in [0.3, 0.4) is 0 Å². The molecule has 0 saturated carbocycles. The minimum absolute atomic E-state index is 0.123. The van der Waals surface area contributed by atoms with E-state index in [0.717, 1.165) is 11.3 Å². The van der Waals surface area contributed by atoms with Gasteiger partial charge in [0.15, 0.2) is 0 Å². The Morgan fingerprint density at radius 1 is 1.35 bits per heavy atom. The van der Waals surface area contributed by atoms with Crippen molar-refractivity contribution in [3.8, 4) is 0 Å². The van der Waals surface area contributed by atoms with Gasteiger partial charge in [-0.15, -0.1) is 0 Å². The van der Waals surface area contributed by atoms with Crippen molar-refractivity contribution in [2.24, 2.45) is 0 Å². The number of carbonyl (C=O) groups is 3. The highest BCUT2D eigenvalue weighted by Crippen LogP contribution is 1.95. The number of nitrogens with one attached hydrogen (secondary N) is 2. The molecule has 8 nitrogen and oxygen atoms in total. The van der Waals surface area contributed by atoms with Gasteiger partial charge in [-0.25, -0.2) is 9.59 Å². The molecule has 0 saturated heterocycles. The predicted octanol–water partition coefficient (Wildman–Crippen LogP) is -0.356. The van der Waals surface area contributed by atoms with Gasteiger partial charge in [-0.05, 0) is 6.42 Å². The molecule has 8 heteroatoms. The second-order valence-corrected chi connectivity index (χ2v) is 4.33. The Bertz CT molecular complexity index is 335. The van der Waals surface area contributed by atoms with Gasteiger partial charge in [0.05, 0.1) is 0 Å². The van der Waals surface area contributed by atoms with Crippen molar-refractivity contribution in [2.45, 2.75) is 25.8 Å². The number of carboxylic acid groups (broad SMARTS) is 1. The Morgan fingerprint density at radius 2 is 2.00 bits per heavy atom. The summed E-state index contributed by atoms with van der Waals surface area (Å²) in [5.74, 6) is -1.42. The molecule has 0 radical (unpaired) electrons. The first kappa shape index (κ1) is 18.2. The SMILES string of the molecule is CCCNC(=O)CN(C)C(=O)NC(CCOC)C(=O)O. The average molecular weight is 289 g/mol. The minimum atomic E-state index is -1.14. The molecule has 0 aromatic rings. The van der Waals surface area contributed by atoms with E-state index in [1.165, 1.54) is 14.2 Å². The van der Waals surface area contributed by atoms with Gasteiger partial charge >= 0.3 is 12.0 Å². The van der Waals surface area contributed by atoms with Gasteiger partial charge in [-0.1, -0.05) is 6.92 Å². The van der Waals surface area contributed by atoms with Gasteiger partial charge < -0.3 is 25.4 Å². The van der Waals surface area contributed by atoms with Crippen LogP contribution < -0.4 is 10.6 Å². The first-order valence-corrected chi connectivity index (χ1v) is 6.42. The second-order valence-electron chi connectivity index (χ2n) is 4.33. The van der Waals surface area contributed by atoms with Gasteiger partial charge in [-0.2, -0.15) is 0 Å². The average Bonchev–Trinajstić information content (AvgIpc) is 2.40. The van der Waals surface area contributed by atoms with Gasteiger partial charge in [0.1, 0.15) is 12.6 Å². The minimum Gasteiger partial charge on any atom is -0.480 e. The molecular formula is C12H23N3O5. The predicted molar refractivity (Wildman–Crippen MR) is 72.4 cm³/mol. The van der Waals surface area contributed by atoms with E-state index in [9.17, 15) is 14.4 Å². The molecule has 3 amide bonds. The fourth-order valence-corrected chi connectivity index (χ4v) is 1.36. The zero-order valence-corrected chi connectivity index (χ0v) is 12.1. The van der Waals surface area contributed by atoms with Crippen molar-refractivity contribution in [2.75, 3.05) is 33.9 Å². The molecule has 1 unspecified atom stereocenters. The summed E-state index contributed by atoms with van der Waals surface area (Å²) < 4.78 is 4.78. The summed E-state index contributed by atoms with van der Waals surface area (Å²) in [5.41, 5.74) is 0. The number of urea groups is 1. The van der Waals surface area contributed by atoms with Crippen LogP contribution in [-0.2, 0) is 14.3 Å². The standard InChI is InChI=1S/C12H23N3O5/c1-4-6-13-10(16)8-15(2)12(19)14-9(11(17)18)5-7-20-3/h9H,4-8H2,1-3H3,(H,13,16)(H,14,19)(H,17,18). The van der Waals surface area contributed by atoms with E-state index in [0.29, 0.717) is 6.54 Å². The van der Waals surface area contributed by atoms with Crippen molar-refractivity contribution < 1.29 is 24.2 Å². The molecule has 0 fully saturated rings. The molecule has 0 aromatic carbocycles. The summed E-state index contributed by atoms with van der Waals surface area (Å²) in [6.07, 6.45) is 0.965. The van der Waals surface area contributed by atoms with E-state index in [1.54, 1.807) is 0 Å². The van der Waals surface area contributed by atoms with Gasteiger partial charge in [0.25, 0.3) is 0 Å². The Balaban J connectivity index is 4.27. The first-order valence-electron chi connectivity index (χ1n) is 6.42. The molecular weight excluding hydrogens is 266 g/mol. The van der Waals surface area contributed by atoms with Crippen LogP contribution in [-0.4, -0.2) is 67.8 Å². The van der Waals surface area contributed by atoms with Crippen molar-refractivity contribution in [3.05, 3.63) is 0 Å². The molecule has 0 heterocycles. The molecule has 0 aliphatic heterocycles. The number of ether oxygens (including phenoxy) is 1. The summed E-state index contributed by atoms with van der Waals surface area (Å²) in [6.45, 7) is 2.56. The lowest BCUT2D eigenvalue weighted by Gasteiger charge is -2.20. The van der Waals surface area contributed by atoms with E-state index in [2.05, 4.69) is 10.6 Å². The van der Waals surface area contributed by atoms with Crippen LogP contribution >= 0.6 is 0 Å². The van der Waals surface area contributed by atoms with Gasteiger partial charge in [-0.3, -0.25) is 4.79 Å². The van der Waals surface area contributed by atoms with Crippen LogP contribution in [0.15, 0.2) is 0 Å². The van der Waals surface area contributed by atoms with Crippen molar-refractivity contribution in [1.82, 2.24) is 15.5 Å². The number of likely N-dealkylation sites (N-methyl/N-ethyl adjacent to an activating group) is 1. The highest BCUT2D eigenvalue weighted by Gasteiger charge is 2.22. The lowest BCUT2D eigenvalue weighted by Crippen LogP contribution is -2.49. The summed E-state index contributed by atoms with van der Waals surface area (Å²) >= 11 is 0. The van der Waals surface area contributed by atoms with Crippen LogP contribution in [0.5, 0.6) is 0 Å². The second kappa shape index (κ2) is 10.0. The molecule has 0 aliphatic rings. The van der Waals surface area contributed by atoms with E-state index in [-0.39, 0.29) is 25.5 Å². The highest BCUT2D eigenvalue weighted by molar-refractivity contribution is 5.86. The maximum Gasteiger partial charge on any atom is 0.326 e. The van der Waals surface area contributed by atoms with E-state index >= 15 is 0 Å². The number of carbonyl (C=O) groups excluding carboxylic acids is 2. The van der Waals surface area contributed by atoms with Crippen LogP contribution in [0.1, 0.15) is 19.8 Å². The number of amides is 3. The van der Waals surface area contributed by atoms with Gasteiger partial charge in [0, 0.05) is 33.7 Å². The summed E-state index contributed by atoms with van der Waals surface area (Å²) in [6, 6.07) is -1.65. The Hall–Kier alpha value is -1.83. The third kappa shape index (κ3) is 7.57. The van der Waals surface area contributed by atoms with Crippen LogP contribution in [0.4, 0.5) is 4.79 Å². The Kier molecular flexibility index (Phi) is 9.10. The van der Waals surface area contributed by atoms with Crippen molar-refractivity contribution >= 4 is 17.9 Å². The number of hydrogen-bond acceptors (Lipinski definition) is 4. The summed E-state index contributed by atoms with van der Waals surface area (Å²) in [7, 11) is 2.88. The topological polar surface area (TPSA) is 108 Å².